The SMILES string of the molecule is CC(Nc1nncc(Nc2ccc3c(c2)OCCO3)n1)c1ccccc1. The molecule has 1 aromatic heterocycles. The third kappa shape index (κ3) is 3.66. The van der Waals surface area contributed by atoms with Crippen LogP contribution in [0.3, 0.4) is 0 Å². The van der Waals surface area contributed by atoms with Crippen molar-refractivity contribution in [1.82, 2.24) is 15.2 Å². The number of hydrogen-bond acceptors (Lipinski definition) is 7. The fraction of sp³-hybridized carbons (Fsp3) is 0.211. The van der Waals surface area contributed by atoms with Crippen molar-refractivity contribution in [2.24, 2.45) is 0 Å². The topological polar surface area (TPSA) is 81.2 Å². The van der Waals surface area contributed by atoms with E-state index in [0.29, 0.717) is 25.0 Å². The van der Waals surface area contributed by atoms with Crippen molar-refractivity contribution in [2.45, 2.75) is 13.0 Å². The summed E-state index contributed by atoms with van der Waals surface area (Å²) in [6.07, 6.45) is 1.58. The predicted octanol–water partition coefficient (Wildman–Crippen LogP) is 3.56. The van der Waals surface area contributed by atoms with E-state index < -0.39 is 0 Å². The summed E-state index contributed by atoms with van der Waals surface area (Å²) in [5.41, 5.74) is 2.00. The van der Waals surface area contributed by atoms with Crippen molar-refractivity contribution in [3.05, 3.63) is 60.3 Å². The van der Waals surface area contributed by atoms with Gasteiger partial charge in [-0.15, -0.1) is 5.10 Å². The molecule has 2 N–H and O–H groups in total. The first-order chi connectivity index (χ1) is 12.8. The van der Waals surface area contributed by atoms with E-state index in [9.17, 15) is 0 Å². The van der Waals surface area contributed by atoms with Gasteiger partial charge in [-0.3, -0.25) is 0 Å². The van der Waals surface area contributed by atoms with Gasteiger partial charge in [0, 0.05) is 11.8 Å². The molecule has 0 amide bonds. The maximum Gasteiger partial charge on any atom is 0.245 e. The van der Waals surface area contributed by atoms with Crippen molar-refractivity contribution >= 4 is 17.5 Å². The van der Waals surface area contributed by atoms with Gasteiger partial charge in [0.1, 0.15) is 13.2 Å². The summed E-state index contributed by atoms with van der Waals surface area (Å²) < 4.78 is 11.1. The van der Waals surface area contributed by atoms with Crippen molar-refractivity contribution in [2.75, 3.05) is 23.8 Å². The number of nitrogens with zero attached hydrogens (tertiary/aromatic N) is 3. The zero-order valence-electron chi connectivity index (χ0n) is 14.3. The normalized spacial score (nSPS) is 13.7. The van der Waals surface area contributed by atoms with Crippen LogP contribution in [0.2, 0.25) is 0 Å². The number of hydrogen-bond donors (Lipinski definition) is 2. The fourth-order valence-electron chi connectivity index (χ4n) is 2.71. The molecule has 0 radical (unpaired) electrons. The molecule has 1 unspecified atom stereocenters. The van der Waals surface area contributed by atoms with E-state index in [1.165, 1.54) is 0 Å². The second-order valence-corrected chi connectivity index (χ2v) is 5.93. The Morgan fingerprint density at radius 2 is 1.81 bits per heavy atom. The first-order valence-corrected chi connectivity index (χ1v) is 8.46. The first kappa shape index (κ1) is 16.1. The molecule has 3 aromatic rings. The quantitative estimate of drug-likeness (QED) is 0.729. The number of benzene rings is 2. The van der Waals surface area contributed by atoms with E-state index in [-0.39, 0.29) is 6.04 Å². The Balaban J connectivity index is 1.47. The number of rotatable bonds is 5. The third-order valence-corrected chi connectivity index (χ3v) is 4.02. The van der Waals surface area contributed by atoms with E-state index in [0.717, 1.165) is 22.7 Å². The molecule has 0 bridgehead atoms. The Kier molecular flexibility index (Phi) is 4.51. The monoisotopic (exact) mass is 349 g/mol. The van der Waals surface area contributed by atoms with Crippen LogP contribution in [-0.2, 0) is 0 Å². The van der Waals surface area contributed by atoms with Gasteiger partial charge in [-0.1, -0.05) is 30.3 Å². The average Bonchev–Trinajstić information content (AvgIpc) is 2.69. The Hall–Kier alpha value is -3.35. The van der Waals surface area contributed by atoms with Crippen LogP contribution < -0.4 is 20.1 Å². The zero-order chi connectivity index (χ0) is 17.8. The highest BCUT2D eigenvalue weighted by molar-refractivity contribution is 5.61. The van der Waals surface area contributed by atoms with Crippen LogP contribution in [0.5, 0.6) is 11.5 Å². The summed E-state index contributed by atoms with van der Waals surface area (Å²) >= 11 is 0. The molecular formula is C19H19N5O2. The molecule has 0 spiro atoms. The maximum absolute atomic E-state index is 5.60. The van der Waals surface area contributed by atoms with Gasteiger partial charge in [-0.2, -0.15) is 10.1 Å². The van der Waals surface area contributed by atoms with Gasteiger partial charge in [-0.05, 0) is 24.6 Å². The van der Waals surface area contributed by atoms with Gasteiger partial charge in [0.2, 0.25) is 5.95 Å². The molecule has 1 aliphatic heterocycles. The molecule has 0 saturated carbocycles. The fourth-order valence-corrected chi connectivity index (χ4v) is 2.71. The standard InChI is InChI=1S/C19H19N5O2/c1-13(14-5-3-2-4-6-14)21-19-23-18(12-20-24-19)22-15-7-8-16-17(11-15)26-10-9-25-16/h2-8,11-13H,9-10H2,1H3,(H2,21,22,23,24). The van der Waals surface area contributed by atoms with Gasteiger partial charge in [0.25, 0.3) is 0 Å². The Labute approximate surface area is 151 Å². The first-order valence-electron chi connectivity index (χ1n) is 8.46. The van der Waals surface area contributed by atoms with Crippen LogP contribution >= 0.6 is 0 Å². The van der Waals surface area contributed by atoms with Gasteiger partial charge >= 0.3 is 0 Å². The minimum absolute atomic E-state index is 0.0718. The molecule has 1 aliphatic rings. The highest BCUT2D eigenvalue weighted by Gasteiger charge is 2.12. The second kappa shape index (κ2) is 7.26. The summed E-state index contributed by atoms with van der Waals surface area (Å²) in [5, 5.41) is 14.6. The summed E-state index contributed by atoms with van der Waals surface area (Å²) in [5.74, 6) is 2.53. The maximum atomic E-state index is 5.60. The zero-order valence-corrected chi connectivity index (χ0v) is 14.3. The van der Waals surface area contributed by atoms with Gasteiger partial charge in [-0.25, -0.2) is 0 Å². The van der Waals surface area contributed by atoms with Crippen LogP contribution in [0, 0.1) is 0 Å². The van der Waals surface area contributed by atoms with Crippen LogP contribution in [0.15, 0.2) is 54.7 Å². The molecule has 1 atom stereocenters. The van der Waals surface area contributed by atoms with Crippen molar-refractivity contribution in [3.63, 3.8) is 0 Å². The van der Waals surface area contributed by atoms with Gasteiger partial charge < -0.3 is 20.1 Å². The highest BCUT2D eigenvalue weighted by atomic mass is 16.6. The lowest BCUT2D eigenvalue weighted by Gasteiger charge is -2.19. The summed E-state index contributed by atoms with van der Waals surface area (Å²) in [4.78, 5) is 4.48. The molecule has 26 heavy (non-hydrogen) atoms. The van der Waals surface area contributed by atoms with Crippen LogP contribution in [0.4, 0.5) is 17.5 Å². The molecule has 7 heteroatoms. The molecule has 0 saturated heterocycles. The largest absolute Gasteiger partial charge is 0.486 e. The van der Waals surface area contributed by atoms with Gasteiger partial charge in [0.05, 0.1) is 12.2 Å². The van der Waals surface area contributed by atoms with Crippen molar-refractivity contribution in [1.29, 1.82) is 0 Å². The molecule has 0 fully saturated rings. The van der Waals surface area contributed by atoms with Crippen LogP contribution in [0.25, 0.3) is 0 Å². The molecule has 132 valence electrons. The Morgan fingerprint density at radius 3 is 2.65 bits per heavy atom. The molecule has 4 rings (SSSR count). The minimum Gasteiger partial charge on any atom is -0.486 e. The molecule has 2 heterocycles. The minimum atomic E-state index is 0.0718. The number of fused-ring (bicyclic) bond motifs is 1. The lowest BCUT2D eigenvalue weighted by Crippen LogP contribution is -2.15. The molecule has 7 nitrogen and oxygen atoms in total. The lowest BCUT2D eigenvalue weighted by atomic mass is 10.1. The predicted molar refractivity (Wildman–Crippen MR) is 99.0 cm³/mol. The Bertz CT molecular complexity index is 888. The smallest absolute Gasteiger partial charge is 0.245 e. The number of nitrogens with one attached hydrogen (secondary N) is 2. The lowest BCUT2D eigenvalue weighted by molar-refractivity contribution is 0.171. The second-order valence-electron chi connectivity index (χ2n) is 5.93. The van der Waals surface area contributed by atoms with E-state index in [4.69, 9.17) is 9.47 Å². The summed E-state index contributed by atoms with van der Waals surface area (Å²) in [7, 11) is 0. The van der Waals surface area contributed by atoms with E-state index >= 15 is 0 Å². The van der Waals surface area contributed by atoms with Crippen LogP contribution in [0.1, 0.15) is 18.5 Å². The van der Waals surface area contributed by atoms with Crippen LogP contribution in [-0.4, -0.2) is 28.4 Å². The number of aromatic nitrogens is 3. The van der Waals surface area contributed by atoms with E-state index in [1.54, 1.807) is 6.20 Å². The number of anilines is 3. The summed E-state index contributed by atoms with van der Waals surface area (Å²) in [6, 6.07) is 15.9. The van der Waals surface area contributed by atoms with Crippen molar-refractivity contribution in [3.8, 4) is 11.5 Å². The van der Waals surface area contributed by atoms with E-state index in [2.05, 4.69) is 44.9 Å². The Morgan fingerprint density at radius 1 is 1.00 bits per heavy atom. The highest BCUT2D eigenvalue weighted by Crippen LogP contribution is 2.33. The molecule has 0 aliphatic carbocycles. The van der Waals surface area contributed by atoms with E-state index in [1.807, 2.05) is 36.4 Å². The average molecular weight is 349 g/mol. The molecular weight excluding hydrogens is 330 g/mol. The summed E-state index contributed by atoms with van der Waals surface area (Å²) in [6.45, 7) is 3.18. The van der Waals surface area contributed by atoms with Crippen molar-refractivity contribution < 1.29 is 9.47 Å². The van der Waals surface area contributed by atoms with Gasteiger partial charge in [0.15, 0.2) is 17.3 Å². The molecule has 2 aromatic carbocycles. The number of ether oxygens (including phenoxy) is 2. The third-order valence-electron chi connectivity index (χ3n) is 4.02.